The Morgan fingerprint density at radius 1 is 0.636 bits per heavy atom. The predicted molar refractivity (Wildman–Crippen MR) is 246 cm³/mol. The van der Waals surface area contributed by atoms with Gasteiger partial charge in [-0.3, -0.25) is 33.6 Å². The minimum atomic E-state index is -1.24. The molecule has 5 rings (SSSR count). The Bertz CT molecular complexity index is 2140. The average molecular weight is 929 g/mol. The fourth-order valence-corrected chi connectivity index (χ4v) is 8.57. The van der Waals surface area contributed by atoms with Gasteiger partial charge in [-0.1, -0.05) is 91.0 Å². The van der Waals surface area contributed by atoms with Gasteiger partial charge in [0, 0.05) is 32.4 Å². The van der Waals surface area contributed by atoms with Gasteiger partial charge in [-0.15, -0.1) is 0 Å². The number of likely N-dealkylation sites (tertiary alicyclic amines) is 2. The van der Waals surface area contributed by atoms with E-state index in [1.807, 2.05) is 30.5 Å². The fraction of sp³-hybridized carbons (Fsp3) is 0.447. The number of carboxylic acid groups (broad SMARTS) is 1. The molecule has 0 unspecified atom stereocenters. The summed E-state index contributed by atoms with van der Waals surface area (Å²) in [6.45, 7) is -0.748. The lowest BCUT2D eigenvalue weighted by Gasteiger charge is -2.32. The van der Waals surface area contributed by atoms with Crippen LogP contribution in [-0.2, 0) is 57.6 Å². The van der Waals surface area contributed by atoms with Gasteiger partial charge in [0.2, 0.25) is 41.4 Å². The number of aliphatic carboxylic acids is 1. The molecule has 7 atom stereocenters. The van der Waals surface area contributed by atoms with Crippen LogP contribution in [0.1, 0.15) is 48.8 Å². The monoisotopic (exact) mass is 928 g/mol. The summed E-state index contributed by atoms with van der Waals surface area (Å²) in [5, 5.41) is 32.4. The molecule has 7 amide bonds. The highest BCUT2D eigenvalue weighted by atomic mass is 32.2. The predicted octanol–water partition coefficient (Wildman–Crippen LogP) is -0.0908. The molecule has 0 saturated carbocycles. The van der Waals surface area contributed by atoms with Gasteiger partial charge >= 0.3 is 5.97 Å². The lowest BCUT2D eigenvalue weighted by molar-refractivity contribution is -0.145. The Morgan fingerprint density at radius 2 is 1.08 bits per heavy atom. The Hall–Kier alpha value is -6.31. The molecule has 2 fully saturated rings. The van der Waals surface area contributed by atoms with Crippen molar-refractivity contribution in [2.45, 2.75) is 93.7 Å². The molecule has 9 N–H and O–H groups in total. The summed E-state index contributed by atoms with van der Waals surface area (Å²) in [5.41, 5.74) is 7.69. The second-order valence-electron chi connectivity index (χ2n) is 16.4. The first kappa shape index (κ1) is 50.7. The zero-order chi connectivity index (χ0) is 47.6. The standard InChI is InChI=1S/C47H60N8O10S/c1-66-24-21-34(50-40(57)28-49-41(58)33(48)29-56)42(59)51-35(25-30-13-5-2-6-14-30)45(62)54-22-11-19-38(54)43(60)52-36(26-31-15-7-3-8-16-31)46(63)55-23-12-20-39(55)44(61)53-37(47(64)65)27-32-17-9-4-10-18-32/h2-10,13-18,33-39,56H,11-12,19-29,48H2,1H3,(H,49,58)(H,50,57)(H,51,59)(H,52,60)(H,53,61)(H,64,65)/t33-,34-,35-,36-,37-,38-,39-/m0/s1. The highest BCUT2D eigenvalue weighted by Crippen LogP contribution is 2.23. The van der Waals surface area contributed by atoms with Crippen LogP contribution >= 0.6 is 11.8 Å². The number of aliphatic hydroxyl groups excluding tert-OH is 1. The zero-order valence-electron chi connectivity index (χ0n) is 36.9. The second kappa shape index (κ2) is 25.4. The number of amides is 7. The van der Waals surface area contributed by atoms with Gasteiger partial charge in [-0.2, -0.15) is 11.8 Å². The van der Waals surface area contributed by atoms with Gasteiger partial charge in [-0.05, 0) is 60.8 Å². The van der Waals surface area contributed by atoms with Crippen molar-refractivity contribution in [3.05, 3.63) is 108 Å². The molecule has 354 valence electrons. The maximum Gasteiger partial charge on any atom is 0.326 e. The molecule has 66 heavy (non-hydrogen) atoms. The molecule has 0 bridgehead atoms. The minimum Gasteiger partial charge on any atom is -0.480 e. The Labute approximate surface area is 388 Å². The fourth-order valence-electron chi connectivity index (χ4n) is 8.10. The molecule has 2 heterocycles. The van der Waals surface area contributed by atoms with E-state index in [-0.39, 0.29) is 45.2 Å². The van der Waals surface area contributed by atoms with E-state index < -0.39 is 103 Å². The van der Waals surface area contributed by atoms with E-state index in [0.717, 1.165) is 11.1 Å². The van der Waals surface area contributed by atoms with Crippen molar-refractivity contribution in [1.29, 1.82) is 0 Å². The van der Waals surface area contributed by atoms with Gasteiger partial charge < -0.3 is 52.3 Å². The number of rotatable bonds is 23. The third-order valence-corrected chi connectivity index (χ3v) is 12.2. The van der Waals surface area contributed by atoms with Crippen molar-refractivity contribution in [1.82, 2.24) is 36.4 Å². The molecule has 2 aliphatic heterocycles. The van der Waals surface area contributed by atoms with Crippen LogP contribution in [0.4, 0.5) is 0 Å². The lowest BCUT2D eigenvalue weighted by atomic mass is 10.0. The topological polar surface area (TPSA) is 270 Å². The van der Waals surface area contributed by atoms with Crippen LogP contribution in [0.2, 0.25) is 0 Å². The minimum absolute atomic E-state index is 0.0422. The van der Waals surface area contributed by atoms with Crippen LogP contribution in [0, 0.1) is 0 Å². The van der Waals surface area contributed by atoms with Gasteiger partial charge in [0.25, 0.3) is 0 Å². The number of benzene rings is 3. The molecule has 18 nitrogen and oxygen atoms in total. The number of hydrogen-bond acceptors (Lipinski definition) is 11. The number of thioether (sulfide) groups is 1. The van der Waals surface area contributed by atoms with Crippen LogP contribution < -0.4 is 32.3 Å². The maximum absolute atomic E-state index is 14.6. The van der Waals surface area contributed by atoms with Crippen molar-refractivity contribution >= 4 is 59.1 Å². The van der Waals surface area contributed by atoms with Crippen molar-refractivity contribution in [2.24, 2.45) is 5.73 Å². The summed E-state index contributed by atoms with van der Waals surface area (Å²) in [4.78, 5) is 111. The van der Waals surface area contributed by atoms with E-state index >= 15 is 0 Å². The highest BCUT2D eigenvalue weighted by Gasteiger charge is 2.42. The molecular weight excluding hydrogens is 869 g/mol. The largest absolute Gasteiger partial charge is 0.480 e. The molecule has 0 aliphatic carbocycles. The molecular formula is C47H60N8O10S. The normalized spacial score (nSPS) is 17.9. The van der Waals surface area contributed by atoms with Gasteiger partial charge in [0.15, 0.2) is 0 Å². The van der Waals surface area contributed by atoms with Crippen molar-refractivity contribution in [2.75, 3.05) is 38.2 Å². The van der Waals surface area contributed by atoms with E-state index in [0.29, 0.717) is 30.6 Å². The quantitative estimate of drug-likeness (QED) is 0.0621. The molecule has 19 heteroatoms. The third-order valence-electron chi connectivity index (χ3n) is 11.6. The van der Waals surface area contributed by atoms with E-state index in [9.17, 15) is 43.5 Å². The Kier molecular flexibility index (Phi) is 19.5. The smallest absolute Gasteiger partial charge is 0.326 e. The van der Waals surface area contributed by atoms with Crippen LogP contribution in [0.15, 0.2) is 91.0 Å². The number of nitrogens with one attached hydrogen (secondary N) is 5. The molecule has 3 aromatic carbocycles. The molecule has 0 spiro atoms. The summed E-state index contributed by atoms with van der Waals surface area (Å²) >= 11 is 1.44. The molecule has 0 radical (unpaired) electrons. The number of nitrogens with two attached hydrogens (primary N) is 1. The molecule has 3 aromatic rings. The SMILES string of the molecule is CSCC[C@H](NC(=O)CNC(=O)[C@@H](N)CO)C(=O)N[C@@H](Cc1ccccc1)C(=O)N1CCC[C@H]1C(=O)N[C@@H](Cc1ccccc1)C(=O)N1CCC[C@H]1C(=O)N[C@@H](Cc1ccccc1)C(=O)O. The number of hydrogen-bond donors (Lipinski definition) is 8. The highest BCUT2D eigenvalue weighted by molar-refractivity contribution is 7.98. The van der Waals surface area contributed by atoms with E-state index in [1.54, 1.807) is 66.7 Å². The number of carbonyl (C=O) groups excluding carboxylic acids is 7. The van der Waals surface area contributed by atoms with E-state index in [1.165, 1.54) is 21.6 Å². The maximum atomic E-state index is 14.6. The first-order valence-corrected chi connectivity index (χ1v) is 23.5. The summed E-state index contributed by atoms with van der Waals surface area (Å²) in [6.07, 6.45) is 3.66. The number of aliphatic hydroxyl groups is 1. The van der Waals surface area contributed by atoms with Gasteiger partial charge in [-0.25, -0.2) is 4.79 Å². The molecule has 0 aromatic heterocycles. The van der Waals surface area contributed by atoms with Crippen LogP contribution in [-0.4, -0.2) is 148 Å². The zero-order valence-corrected chi connectivity index (χ0v) is 37.8. The van der Waals surface area contributed by atoms with Gasteiger partial charge in [0.05, 0.1) is 13.2 Å². The Balaban J connectivity index is 1.33. The summed E-state index contributed by atoms with van der Waals surface area (Å²) in [5.74, 6) is -5.13. The number of carbonyl (C=O) groups is 8. The summed E-state index contributed by atoms with van der Waals surface area (Å²) in [7, 11) is 0. The van der Waals surface area contributed by atoms with E-state index in [2.05, 4.69) is 26.6 Å². The number of carboxylic acids is 1. The first-order chi connectivity index (χ1) is 31.8. The lowest BCUT2D eigenvalue weighted by Crippen LogP contribution is -2.60. The average Bonchev–Trinajstić information content (AvgIpc) is 4.03. The van der Waals surface area contributed by atoms with E-state index in [4.69, 9.17) is 10.8 Å². The number of nitrogens with zero attached hydrogens (tertiary/aromatic N) is 2. The Morgan fingerprint density at radius 3 is 1.52 bits per heavy atom. The molecule has 2 saturated heterocycles. The van der Waals surface area contributed by atoms with Crippen LogP contribution in [0.3, 0.4) is 0 Å². The summed E-state index contributed by atoms with van der Waals surface area (Å²) < 4.78 is 0. The third kappa shape index (κ3) is 14.6. The van der Waals surface area contributed by atoms with Crippen molar-refractivity contribution < 1.29 is 48.6 Å². The van der Waals surface area contributed by atoms with Crippen molar-refractivity contribution in [3.63, 3.8) is 0 Å². The second-order valence-corrected chi connectivity index (χ2v) is 17.4. The van der Waals surface area contributed by atoms with Gasteiger partial charge in [0.1, 0.15) is 42.3 Å². The first-order valence-electron chi connectivity index (χ1n) is 22.1. The van der Waals surface area contributed by atoms with Crippen LogP contribution in [0.25, 0.3) is 0 Å². The van der Waals surface area contributed by atoms with Crippen LogP contribution in [0.5, 0.6) is 0 Å². The summed E-state index contributed by atoms with van der Waals surface area (Å²) in [6, 6.07) is 19.0. The molecule has 2 aliphatic rings. The van der Waals surface area contributed by atoms with Crippen molar-refractivity contribution in [3.8, 4) is 0 Å².